The topological polar surface area (TPSA) is 45.2 Å². The van der Waals surface area contributed by atoms with Gasteiger partial charge in [-0.25, -0.2) is 9.37 Å². The molecule has 0 spiro atoms. The number of hydrogen-bond donors (Lipinski definition) is 1. The van der Waals surface area contributed by atoms with Crippen LogP contribution in [0.2, 0.25) is 0 Å². The van der Waals surface area contributed by atoms with Gasteiger partial charge in [0.15, 0.2) is 0 Å². The number of nitrogens with one attached hydrogen (secondary N) is 1. The zero-order valence-electron chi connectivity index (χ0n) is 12.2. The van der Waals surface area contributed by atoms with E-state index in [1.807, 2.05) is 5.38 Å². The Morgan fingerprint density at radius 2 is 2.00 bits per heavy atom. The Kier molecular flexibility index (Phi) is 4.80. The van der Waals surface area contributed by atoms with Crippen LogP contribution in [0.25, 0.3) is 0 Å². The average Bonchev–Trinajstić information content (AvgIpc) is 3.14. The van der Waals surface area contributed by atoms with Crippen LogP contribution in [0.1, 0.15) is 23.5 Å². The van der Waals surface area contributed by atoms with Crippen molar-refractivity contribution in [2.24, 2.45) is 0 Å². The average molecular weight is 319 g/mol. The summed E-state index contributed by atoms with van der Waals surface area (Å²) in [5, 5.41) is 5.75. The van der Waals surface area contributed by atoms with E-state index >= 15 is 0 Å². The van der Waals surface area contributed by atoms with Gasteiger partial charge >= 0.3 is 0 Å². The predicted octanol–water partition coefficient (Wildman–Crippen LogP) is 3.06. The largest absolute Gasteiger partial charge is 0.326 e. The third kappa shape index (κ3) is 4.11. The van der Waals surface area contributed by atoms with Gasteiger partial charge in [0, 0.05) is 11.1 Å². The third-order valence-corrected chi connectivity index (χ3v) is 4.51. The van der Waals surface area contributed by atoms with Gasteiger partial charge in [-0.2, -0.15) is 0 Å². The molecule has 3 rings (SSSR count). The molecular weight excluding hydrogens is 301 g/mol. The van der Waals surface area contributed by atoms with Crippen molar-refractivity contribution in [3.8, 4) is 0 Å². The maximum Gasteiger partial charge on any atom is 0.230 e. The van der Waals surface area contributed by atoms with E-state index in [0.29, 0.717) is 5.69 Å². The molecule has 1 fully saturated rings. The summed E-state index contributed by atoms with van der Waals surface area (Å²) in [6.45, 7) is 3.16. The highest BCUT2D eigenvalue weighted by atomic mass is 32.1. The normalized spacial score (nSPS) is 15.1. The molecule has 4 nitrogen and oxygen atoms in total. The number of nitrogens with zero attached hydrogens (tertiary/aromatic N) is 2. The number of rotatable bonds is 5. The Labute approximate surface area is 133 Å². The van der Waals surface area contributed by atoms with Crippen LogP contribution in [0.4, 0.5) is 10.1 Å². The molecule has 1 N–H and O–H groups in total. The van der Waals surface area contributed by atoms with Crippen LogP contribution in [0.5, 0.6) is 0 Å². The maximum atomic E-state index is 12.8. The molecule has 2 heterocycles. The van der Waals surface area contributed by atoms with Gasteiger partial charge in [0.05, 0.1) is 18.7 Å². The van der Waals surface area contributed by atoms with Gasteiger partial charge in [0.25, 0.3) is 0 Å². The van der Waals surface area contributed by atoms with E-state index in [0.717, 1.165) is 30.3 Å². The summed E-state index contributed by atoms with van der Waals surface area (Å²) in [4.78, 5) is 18.9. The van der Waals surface area contributed by atoms with E-state index in [9.17, 15) is 9.18 Å². The van der Waals surface area contributed by atoms with Gasteiger partial charge in [-0.05, 0) is 50.2 Å². The minimum atomic E-state index is -0.316. The van der Waals surface area contributed by atoms with Crippen molar-refractivity contribution in [3.63, 3.8) is 0 Å². The van der Waals surface area contributed by atoms with Crippen molar-refractivity contribution in [2.75, 3.05) is 18.4 Å². The quantitative estimate of drug-likeness (QED) is 0.921. The van der Waals surface area contributed by atoms with Crippen LogP contribution >= 0.6 is 11.3 Å². The molecule has 1 aliphatic heterocycles. The summed E-state index contributed by atoms with van der Waals surface area (Å²) in [5.74, 6) is -0.450. The molecule has 22 heavy (non-hydrogen) atoms. The highest BCUT2D eigenvalue weighted by Gasteiger charge is 2.14. The van der Waals surface area contributed by atoms with Gasteiger partial charge < -0.3 is 5.32 Å². The Morgan fingerprint density at radius 3 is 2.73 bits per heavy atom. The number of anilines is 1. The molecule has 1 aromatic heterocycles. The fraction of sp³-hybridized carbons (Fsp3) is 0.375. The molecule has 2 aromatic rings. The third-order valence-electron chi connectivity index (χ3n) is 3.63. The molecule has 1 amide bonds. The van der Waals surface area contributed by atoms with Gasteiger partial charge in [0.2, 0.25) is 5.91 Å². The Morgan fingerprint density at radius 1 is 1.27 bits per heavy atom. The molecule has 0 saturated carbocycles. The monoisotopic (exact) mass is 319 g/mol. The number of carbonyl (C=O) groups excluding carboxylic acids is 1. The molecule has 1 aliphatic rings. The van der Waals surface area contributed by atoms with Crippen LogP contribution in [-0.2, 0) is 17.8 Å². The molecular formula is C16H18FN3OS. The van der Waals surface area contributed by atoms with Gasteiger partial charge in [-0.3, -0.25) is 9.69 Å². The molecule has 0 unspecified atom stereocenters. The van der Waals surface area contributed by atoms with Crippen molar-refractivity contribution in [1.82, 2.24) is 9.88 Å². The van der Waals surface area contributed by atoms with Crippen molar-refractivity contribution < 1.29 is 9.18 Å². The van der Waals surface area contributed by atoms with Crippen LogP contribution < -0.4 is 5.32 Å². The molecule has 116 valence electrons. The van der Waals surface area contributed by atoms with Crippen molar-refractivity contribution in [3.05, 3.63) is 46.2 Å². The van der Waals surface area contributed by atoms with Gasteiger partial charge in [-0.1, -0.05) is 0 Å². The highest BCUT2D eigenvalue weighted by molar-refractivity contribution is 7.09. The fourth-order valence-electron chi connectivity index (χ4n) is 2.54. The lowest BCUT2D eigenvalue weighted by molar-refractivity contribution is -0.115. The molecule has 0 bridgehead atoms. The number of benzene rings is 1. The van der Waals surface area contributed by atoms with Crippen LogP contribution in [0.15, 0.2) is 29.6 Å². The number of halogens is 1. The molecule has 0 radical (unpaired) electrons. The first-order valence-electron chi connectivity index (χ1n) is 7.40. The molecule has 1 aromatic carbocycles. The van der Waals surface area contributed by atoms with Crippen molar-refractivity contribution >= 4 is 22.9 Å². The Balaban J connectivity index is 1.52. The summed E-state index contributed by atoms with van der Waals surface area (Å²) in [6.07, 6.45) is 2.77. The summed E-state index contributed by atoms with van der Waals surface area (Å²) in [6, 6.07) is 5.75. The standard InChI is InChI=1S/C16H18FN3OS/c17-12-3-5-13(6-4-12)18-15(21)9-14-11-22-16(19-14)10-20-7-1-2-8-20/h3-6,11H,1-2,7-10H2,(H,18,21). The second-order valence-electron chi connectivity index (χ2n) is 5.45. The second-order valence-corrected chi connectivity index (χ2v) is 6.39. The van der Waals surface area contributed by atoms with E-state index in [-0.39, 0.29) is 18.1 Å². The number of likely N-dealkylation sites (tertiary alicyclic amines) is 1. The van der Waals surface area contributed by atoms with Crippen LogP contribution in [-0.4, -0.2) is 28.9 Å². The minimum absolute atomic E-state index is 0.135. The van der Waals surface area contributed by atoms with E-state index in [1.54, 1.807) is 23.5 Å². The number of thiazole rings is 1. The fourth-order valence-corrected chi connectivity index (χ4v) is 3.37. The zero-order valence-corrected chi connectivity index (χ0v) is 13.0. The number of hydrogen-bond acceptors (Lipinski definition) is 4. The summed E-state index contributed by atoms with van der Waals surface area (Å²) < 4.78 is 12.8. The zero-order chi connectivity index (χ0) is 15.4. The lowest BCUT2D eigenvalue weighted by Crippen LogP contribution is -2.18. The molecule has 1 saturated heterocycles. The first-order chi connectivity index (χ1) is 10.7. The Bertz CT molecular complexity index is 635. The van der Waals surface area contributed by atoms with Gasteiger partial charge in [-0.15, -0.1) is 11.3 Å². The maximum absolute atomic E-state index is 12.8. The van der Waals surface area contributed by atoms with Gasteiger partial charge in [0.1, 0.15) is 10.8 Å². The summed E-state index contributed by atoms with van der Waals surface area (Å²) in [5.41, 5.74) is 1.39. The first kappa shape index (κ1) is 15.1. The SMILES string of the molecule is O=C(Cc1csc(CN2CCCC2)n1)Nc1ccc(F)cc1. The minimum Gasteiger partial charge on any atom is -0.326 e. The van der Waals surface area contributed by atoms with E-state index in [4.69, 9.17) is 0 Å². The van der Waals surface area contributed by atoms with Crippen molar-refractivity contribution in [1.29, 1.82) is 0 Å². The van der Waals surface area contributed by atoms with Crippen molar-refractivity contribution in [2.45, 2.75) is 25.8 Å². The summed E-state index contributed by atoms with van der Waals surface area (Å²) in [7, 11) is 0. The lowest BCUT2D eigenvalue weighted by atomic mass is 10.3. The second kappa shape index (κ2) is 6.98. The van der Waals surface area contributed by atoms with E-state index < -0.39 is 0 Å². The predicted molar refractivity (Wildman–Crippen MR) is 85.4 cm³/mol. The number of aromatic nitrogens is 1. The molecule has 0 atom stereocenters. The molecule has 0 aliphatic carbocycles. The van der Waals surface area contributed by atoms with E-state index in [1.165, 1.54) is 25.0 Å². The van der Waals surface area contributed by atoms with Crippen LogP contribution in [0, 0.1) is 5.82 Å². The van der Waals surface area contributed by atoms with E-state index in [2.05, 4.69) is 15.2 Å². The highest BCUT2D eigenvalue weighted by Crippen LogP contribution is 2.17. The lowest BCUT2D eigenvalue weighted by Gasteiger charge is -2.11. The number of carbonyl (C=O) groups is 1. The smallest absolute Gasteiger partial charge is 0.230 e. The molecule has 6 heteroatoms. The first-order valence-corrected chi connectivity index (χ1v) is 8.28. The summed E-state index contributed by atoms with van der Waals surface area (Å²) >= 11 is 1.60. The van der Waals surface area contributed by atoms with Crippen LogP contribution in [0.3, 0.4) is 0 Å². The Hall–Kier alpha value is -1.79. The number of amides is 1.